The van der Waals surface area contributed by atoms with Gasteiger partial charge in [-0.1, -0.05) is 36.4 Å². The number of amides is 2. The molecule has 0 atom stereocenters. The first-order valence-corrected chi connectivity index (χ1v) is 10.5. The monoisotopic (exact) mass is 441 g/mol. The summed E-state index contributed by atoms with van der Waals surface area (Å²) in [6.45, 7) is 3.35. The van der Waals surface area contributed by atoms with Crippen LogP contribution in [-0.4, -0.2) is 41.8 Å². The van der Waals surface area contributed by atoms with Crippen LogP contribution in [0.1, 0.15) is 25.0 Å². The quantitative estimate of drug-likeness (QED) is 0.447. The zero-order valence-corrected chi connectivity index (χ0v) is 18.3. The summed E-state index contributed by atoms with van der Waals surface area (Å²) in [4.78, 5) is 37.8. The Morgan fingerprint density at radius 3 is 2.52 bits per heavy atom. The summed E-state index contributed by atoms with van der Waals surface area (Å²) in [6.07, 6.45) is 1.27. The number of rotatable bonds is 8. The Hall–Kier alpha value is -3.26. The largest absolute Gasteiger partial charge is 0.493 e. The summed E-state index contributed by atoms with van der Waals surface area (Å²) in [6, 6.07) is 14.9. The number of benzene rings is 2. The fourth-order valence-electron chi connectivity index (χ4n) is 2.85. The molecule has 2 amide bonds. The van der Waals surface area contributed by atoms with E-state index in [0.29, 0.717) is 23.7 Å². The van der Waals surface area contributed by atoms with E-state index in [-0.39, 0.29) is 11.0 Å². The standard InChI is InChI=1S/C23H23NO6S/c1-15(2)30-21(25)13-24-22(26)20(31-23(24)27)12-17-9-10-18(28-3)19(11-17)29-14-16-7-5-4-6-8-16/h4-12,15H,13-14H2,1-3H3/b20-12-. The van der Waals surface area contributed by atoms with Gasteiger partial charge in [0.05, 0.1) is 18.1 Å². The molecule has 0 aromatic heterocycles. The Bertz CT molecular complexity index is 1000. The topological polar surface area (TPSA) is 82.1 Å². The summed E-state index contributed by atoms with van der Waals surface area (Å²) in [5, 5.41) is -0.508. The van der Waals surface area contributed by atoms with Gasteiger partial charge in [-0.25, -0.2) is 0 Å². The average molecular weight is 442 g/mol. The molecule has 1 saturated heterocycles. The van der Waals surface area contributed by atoms with Crippen LogP contribution in [0.2, 0.25) is 0 Å². The molecule has 0 radical (unpaired) electrons. The lowest BCUT2D eigenvalue weighted by atomic mass is 10.1. The SMILES string of the molecule is COc1ccc(/C=C2\SC(=O)N(CC(=O)OC(C)C)C2=O)cc1OCc1ccccc1. The van der Waals surface area contributed by atoms with E-state index in [4.69, 9.17) is 14.2 Å². The van der Waals surface area contributed by atoms with Gasteiger partial charge in [0.15, 0.2) is 11.5 Å². The molecule has 1 heterocycles. The lowest BCUT2D eigenvalue weighted by Gasteiger charge is -2.13. The second kappa shape index (κ2) is 10.2. The molecule has 2 aromatic rings. The van der Waals surface area contributed by atoms with Crippen LogP contribution in [0, 0.1) is 0 Å². The van der Waals surface area contributed by atoms with Gasteiger partial charge < -0.3 is 14.2 Å². The maximum Gasteiger partial charge on any atom is 0.326 e. The van der Waals surface area contributed by atoms with Gasteiger partial charge in [-0.3, -0.25) is 19.3 Å². The van der Waals surface area contributed by atoms with Crippen molar-refractivity contribution in [1.29, 1.82) is 0 Å². The third-order valence-corrected chi connectivity index (χ3v) is 5.16. The molecule has 0 unspecified atom stereocenters. The van der Waals surface area contributed by atoms with E-state index < -0.39 is 23.7 Å². The van der Waals surface area contributed by atoms with Crippen LogP contribution >= 0.6 is 11.8 Å². The Morgan fingerprint density at radius 1 is 1.10 bits per heavy atom. The highest BCUT2D eigenvalue weighted by molar-refractivity contribution is 8.18. The molecule has 1 aliphatic rings. The minimum atomic E-state index is -0.625. The minimum absolute atomic E-state index is 0.224. The van der Waals surface area contributed by atoms with Crippen LogP contribution in [0.4, 0.5) is 4.79 Å². The first kappa shape index (κ1) is 22.4. The van der Waals surface area contributed by atoms with Crippen molar-refractivity contribution in [2.45, 2.75) is 26.6 Å². The van der Waals surface area contributed by atoms with Gasteiger partial charge in [0.25, 0.3) is 11.1 Å². The first-order chi connectivity index (χ1) is 14.9. The fraction of sp³-hybridized carbons (Fsp3) is 0.261. The molecule has 1 fully saturated rings. The highest BCUT2D eigenvalue weighted by Crippen LogP contribution is 2.34. The number of esters is 1. The molecular formula is C23H23NO6S. The molecule has 0 saturated carbocycles. The molecule has 8 heteroatoms. The minimum Gasteiger partial charge on any atom is -0.493 e. The van der Waals surface area contributed by atoms with E-state index in [2.05, 4.69) is 0 Å². The number of methoxy groups -OCH3 is 1. The van der Waals surface area contributed by atoms with E-state index in [9.17, 15) is 14.4 Å². The van der Waals surface area contributed by atoms with Crippen molar-refractivity contribution in [2.75, 3.05) is 13.7 Å². The number of hydrogen-bond donors (Lipinski definition) is 0. The van der Waals surface area contributed by atoms with Crippen LogP contribution < -0.4 is 9.47 Å². The lowest BCUT2D eigenvalue weighted by Crippen LogP contribution is -2.35. The molecular weight excluding hydrogens is 418 g/mol. The van der Waals surface area contributed by atoms with Gasteiger partial charge in [-0.05, 0) is 54.9 Å². The van der Waals surface area contributed by atoms with Crippen molar-refractivity contribution < 1.29 is 28.6 Å². The molecule has 0 aliphatic carbocycles. The Kier molecular flexibility index (Phi) is 7.36. The second-order valence-electron chi connectivity index (χ2n) is 6.99. The third-order valence-electron chi connectivity index (χ3n) is 4.25. The predicted molar refractivity (Wildman–Crippen MR) is 118 cm³/mol. The van der Waals surface area contributed by atoms with Gasteiger partial charge in [-0.15, -0.1) is 0 Å². The van der Waals surface area contributed by atoms with Crippen LogP contribution in [0.5, 0.6) is 11.5 Å². The van der Waals surface area contributed by atoms with Gasteiger partial charge in [0.2, 0.25) is 0 Å². The van der Waals surface area contributed by atoms with Crippen LogP contribution in [-0.2, 0) is 20.9 Å². The number of carbonyl (C=O) groups excluding carboxylic acids is 3. The highest BCUT2D eigenvalue weighted by Gasteiger charge is 2.36. The molecule has 1 aliphatic heterocycles. The molecule has 7 nitrogen and oxygen atoms in total. The number of carbonyl (C=O) groups is 3. The normalized spacial score (nSPS) is 15.0. The Balaban J connectivity index is 1.75. The van der Waals surface area contributed by atoms with Crippen LogP contribution in [0.25, 0.3) is 6.08 Å². The van der Waals surface area contributed by atoms with Crippen LogP contribution in [0.15, 0.2) is 53.4 Å². The van der Waals surface area contributed by atoms with Crippen molar-refractivity contribution in [2.24, 2.45) is 0 Å². The predicted octanol–water partition coefficient (Wildman–Crippen LogP) is 4.26. The van der Waals surface area contributed by atoms with Gasteiger partial charge in [-0.2, -0.15) is 0 Å². The maximum absolute atomic E-state index is 12.6. The number of thioether (sulfide) groups is 1. The van der Waals surface area contributed by atoms with Gasteiger partial charge >= 0.3 is 5.97 Å². The van der Waals surface area contributed by atoms with Crippen molar-refractivity contribution >= 4 is 35.0 Å². The number of imide groups is 1. The zero-order chi connectivity index (χ0) is 22.4. The van der Waals surface area contributed by atoms with Crippen molar-refractivity contribution in [3.63, 3.8) is 0 Å². The highest BCUT2D eigenvalue weighted by atomic mass is 32.2. The zero-order valence-electron chi connectivity index (χ0n) is 17.5. The van der Waals surface area contributed by atoms with E-state index in [1.54, 1.807) is 45.2 Å². The Labute approximate surface area is 185 Å². The van der Waals surface area contributed by atoms with Crippen molar-refractivity contribution in [1.82, 2.24) is 4.90 Å². The third kappa shape index (κ3) is 5.88. The summed E-state index contributed by atoms with van der Waals surface area (Å²) in [7, 11) is 1.55. The van der Waals surface area contributed by atoms with Gasteiger partial charge in [0, 0.05) is 0 Å². The summed E-state index contributed by atoms with van der Waals surface area (Å²) in [5.41, 5.74) is 1.67. The first-order valence-electron chi connectivity index (χ1n) is 9.67. The van der Waals surface area contributed by atoms with Crippen LogP contribution in [0.3, 0.4) is 0 Å². The fourth-order valence-corrected chi connectivity index (χ4v) is 3.69. The van der Waals surface area contributed by atoms with E-state index in [1.165, 1.54) is 0 Å². The molecule has 162 valence electrons. The molecule has 2 aromatic carbocycles. The van der Waals surface area contributed by atoms with Gasteiger partial charge in [0.1, 0.15) is 13.2 Å². The Morgan fingerprint density at radius 2 is 1.84 bits per heavy atom. The lowest BCUT2D eigenvalue weighted by molar-refractivity contribution is -0.149. The van der Waals surface area contributed by atoms with Crippen molar-refractivity contribution in [3.8, 4) is 11.5 Å². The molecule has 3 rings (SSSR count). The summed E-state index contributed by atoms with van der Waals surface area (Å²) < 4.78 is 16.3. The van der Waals surface area contributed by atoms with E-state index >= 15 is 0 Å². The summed E-state index contributed by atoms with van der Waals surface area (Å²) >= 11 is 0.782. The number of ether oxygens (including phenoxy) is 3. The summed E-state index contributed by atoms with van der Waals surface area (Å²) in [5.74, 6) is -0.0877. The maximum atomic E-state index is 12.6. The smallest absolute Gasteiger partial charge is 0.326 e. The number of hydrogen-bond acceptors (Lipinski definition) is 7. The van der Waals surface area contributed by atoms with Crippen molar-refractivity contribution in [3.05, 3.63) is 64.6 Å². The molecule has 0 N–H and O–H groups in total. The molecule has 0 bridgehead atoms. The molecule has 0 spiro atoms. The second-order valence-corrected chi connectivity index (χ2v) is 7.98. The van der Waals surface area contributed by atoms with E-state index in [1.807, 2.05) is 30.3 Å². The average Bonchev–Trinajstić information content (AvgIpc) is 3.00. The van der Waals surface area contributed by atoms with E-state index in [0.717, 1.165) is 22.2 Å². The number of nitrogens with zero attached hydrogens (tertiary/aromatic N) is 1. The molecule has 31 heavy (non-hydrogen) atoms.